The van der Waals surface area contributed by atoms with Crippen LogP contribution in [0.1, 0.15) is 58.8 Å². The summed E-state index contributed by atoms with van der Waals surface area (Å²) in [6.45, 7) is 5.47. The summed E-state index contributed by atoms with van der Waals surface area (Å²) < 4.78 is 1.18. The van der Waals surface area contributed by atoms with Crippen LogP contribution in [0.3, 0.4) is 0 Å². The van der Waals surface area contributed by atoms with E-state index in [-0.39, 0.29) is 11.5 Å². The van der Waals surface area contributed by atoms with Crippen molar-refractivity contribution in [3.05, 3.63) is 5.21 Å². The molecule has 0 amide bonds. The van der Waals surface area contributed by atoms with Gasteiger partial charge < -0.3 is 10.3 Å². The summed E-state index contributed by atoms with van der Waals surface area (Å²) in [6, 6.07) is 0. The second kappa shape index (κ2) is 4.47. The minimum Gasteiger partial charge on any atom is -0.624 e. The van der Waals surface area contributed by atoms with Gasteiger partial charge in [0.1, 0.15) is 0 Å². The highest BCUT2D eigenvalue weighted by Gasteiger charge is 2.60. The Balaban J connectivity index is 1.66. The number of rotatable bonds is 0. The molecule has 1 aliphatic heterocycles. The Kier molecular flexibility index (Phi) is 2.99. The molecule has 4 aliphatic rings. The summed E-state index contributed by atoms with van der Waals surface area (Å²) in [4.78, 5) is 0. The molecule has 0 aromatic heterocycles. The molecule has 3 fully saturated rings. The summed E-state index contributed by atoms with van der Waals surface area (Å²) >= 11 is 0. The second-order valence-electron chi connectivity index (χ2n) is 8.74. The SMILES string of the molecule is C[C@]12CCC3C(CC[C@H]4C=[N+]([O-])CC[C@]34C)C1CC[C@@H]2O. The highest BCUT2D eigenvalue weighted by molar-refractivity contribution is 5.58. The molecule has 3 aliphatic carbocycles. The van der Waals surface area contributed by atoms with Gasteiger partial charge in [-0.1, -0.05) is 13.8 Å². The van der Waals surface area contributed by atoms with Crippen LogP contribution in [0.5, 0.6) is 0 Å². The van der Waals surface area contributed by atoms with Gasteiger partial charge in [-0.05, 0) is 67.1 Å². The molecule has 0 spiro atoms. The molecule has 3 saturated carbocycles. The van der Waals surface area contributed by atoms with Crippen molar-refractivity contribution >= 4 is 6.21 Å². The number of aliphatic hydroxyl groups excluding tert-OH is 1. The van der Waals surface area contributed by atoms with Crippen LogP contribution >= 0.6 is 0 Å². The zero-order chi connectivity index (χ0) is 14.8. The first kappa shape index (κ1) is 14.0. The van der Waals surface area contributed by atoms with Gasteiger partial charge >= 0.3 is 0 Å². The molecule has 0 saturated heterocycles. The van der Waals surface area contributed by atoms with Gasteiger partial charge in [-0.25, -0.2) is 4.74 Å². The van der Waals surface area contributed by atoms with Crippen molar-refractivity contribution in [3.63, 3.8) is 0 Å². The van der Waals surface area contributed by atoms with Crippen LogP contribution in [-0.4, -0.2) is 28.7 Å². The van der Waals surface area contributed by atoms with Gasteiger partial charge in [-0.2, -0.15) is 0 Å². The molecular formula is C18H29NO2. The van der Waals surface area contributed by atoms with Crippen molar-refractivity contribution in [2.75, 3.05) is 6.54 Å². The van der Waals surface area contributed by atoms with E-state index >= 15 is 0 Å². The van der Waals surface area contributed by atoms with Crippen LogP contribution in [0.15, 0.2) is 0 Å². The van der Waals surface area contributed by atoms with Gasteiger partial charge in [0, 0.05) is 12.3 Å². The number of hydrogen-bond donors (Lipinski definition) is 1. The minimum atomic E-state index is -0.0796. The van der Waals surface area contributed by atoms with Crippen LogP contribution in [-0.2, 0) is 0 Å². The van der Waals surface area contributed by atoms with E-state index in [1.807, 2.05) is 6.21 Å². The van der Waals surface area contributed by atoms with Gasteiger partial charge in [0.2, 0.25) is 0 Å². The van der Waals surface area contributed by atoms with Crippen molar-refractivity contribution in [2.45, 2.75) is 64.9 Å². The van der Waals surface area contributed by atoms with Crippen molar-refractivity contribution in [2.24, 2.45) is 34.5 Å². The van der Waals surface area contributed by atoms with Gasteiger partial charge in [0.25, 0.3) is 0 Å². The Hall–Kier alpha value is -0.570. The lowest BCUT2D eigenvalue weighted by molar-refractivity contribution is -0.469. The molecule has 118 valence electrons. The predicted molar refractivity (Wildman–Crippen MR) is 83.1 cm³/mol. The third-order valence-electron chi connectivity index (χ3n) is 8.11. The molecule has 1 N–H and O–H groups in total. The van der Waals surface area contributed by atoms with Crippen LogP contribution < -0.4 is 0 Å². The summed E-state index contributed by atoms with van der Waals surface area (Å²) in [7, 11) is 0. The van der Waals surface area contributed by atoms with E-state index < -0.39 is 0 Å². The second-order valence-corrected chi connectivity index (χ2v) is 8.74. The summed E-state index contributed by atoms with van der Waals surface area (Å²) in [6.07, 6.45) is 10.1. The summed E-state index contributed by atoms with van der Waals surface area (Å²) in [5.41, 5.74) is 0.506. The van der Waals surface area contributed by atoms with Crippen LogP contribution in [0.4, 0.5) is 0 Å². The topological polar surface area (TPSA) is 46.3 Å². The maximum Gasteiger partial charge on any atom is 0.154 e. The Bertz CT molecular complexity index is 476. The van der Waals surface area contributed by atoms with E-state index in [1.54, 1.807) is 0 Å². The molecule has 3 nitrogen and oxygen atoms in total. The van der Waals surface area contributed by atoms with Crippen LogP contribution in [0.25, 0.3) is 0 Å². The number of nitrogens with zero attached hydrogens (tertiary/aromatic N) is 1. The quantitative estimate of drug-likeness (QED) is 0.550. The van der Waals surface area contributed by atoms with Crippen molar-refractivity contribution in [1.29, 1.82) is 0 Å². The van der Waals surface area contributed by atoms with Crippen molar-refractivity contribution in [1.82, 2.24) is 0 Å². The molecule has 0 aromatic rings. The highest BCUT2D eigenvalue weighted by atomic mass is 16.5. The van der Waals surface area contributed by atoms with E-state index in [4.69, 9.17) is 0 Å². The van der Waals surface area contributed by atoms with Crippen LogP contribution in [0, 0.1) is 39.7 Å². The highest BCUT2D eigenvalue weighted by Crippen LogP contribution is 2.64. The molecule has 0 bridgehead atoms. The van der Waals surface area contributed by atoms with E-state index in [9.17, 15) is 10.3 Å². The Morgan fingerprint density at radius 2 is 1.76 bits per heavy atom. The molecule has 7 atom stereocenters. The average Bonchev–Trinajstić information content (AvgIpc) is 2.76. The zero-order valence-corrected chi connectivity index (χ0v) is 13.4. The van der Waals surface area contributed by atoms with Gasteiger partial charge in [0.15, 0.2) is 12.8 Å². The Labute approximate surface area is 128 Å². The van der Waals surface area contributed by atoms with Crippen LogP contribution in [0.2, 0.25) is 0 Å². The fourth-order valence-electron chi connectivity index (χ4n) is 6.70. The number of aliphatic hydroxyl groups is 1. The number of hydrogen-bond acceptors (Lipinski definition) is 2. The molecule has 4 rings (SSSR count). The van der Waals surface area contributed by atoms with E-state index in [0.29, 0.717) is 23.8 Å². The maximum atomic E-state index is 11.7. The lowest BCUT2D eigenvalue weighted by atomic mass is 9.47. The van der Waals surface area contributed by atoms with Crippen molar-refractivity contribution in [3.8, 4) is 0 Å². The largest absolute Gasteiger partial charge is 0.624 e. The van der Waals surface area contributed by atoms with Gasteiger partial charge in [-0.3, -0.25) is 0 Å². The predicted octanol–water partition coefficient (Wildman–Crippen LogP) is 3.19. The molecule has 0 radical (unpaired) electrons. The minimum absolute atomic E-state index is 0.0796. The first-order valence-corrected chi connectivity index (χ1v) is 8.92. The number of hydroxylamine groups is 1. The standard InChI is InChI=1S/C18H29NO2/c1-17-9-10-19(21)11-12(17)3-4-13-14-5-6-16(20)18(14,2)8-7-15(13)17/h11-16,20H,3-10H2,1-2H3/t12-,13?,14?,15?,16-,17-,18-/m0/s1. The number of fused-ring (bicyclic) bond motifs is 5. The van der Waals surface area contributed by atoms with E-state index in [1.165, 1.54) is 36.8 Å². The monoisotopic (exact) mass is 291 g/mol. The smallest absolute Gasteiger partial charge is 0.154 e. The molecule has 0 aromatic carbocycles. The van der Waals surface area contributed by atoms with Gasteiger partial charge in [0.05, 0.1) is 6.10 Å². The lowest BCUT2D eigenvalue weighted by Crippen LogP contribution is -2.55. The maximum absolute atomic E-state index is 11.7. The first-order valence-electron chi connectivity index (χ1n) is 8.92. The van der Waals surface area contributed by atoms with E-state index in [0.717, 1.165) is 24.7 Å². The first-order chi connectivity index (χ1) is 9.95. The normalized spacial score (nSPS) is 56.1. The molecule has 3 heteroatoms. The summed E-state index contributed by atoms with van der Waals surface area (Å²) in [5.74, 6) is 2.76. The molecule has 1 heterocycles. The zero-order valence-electron chi connectivity index (χ0n) is 13.4. The Morgan fingerprint density at radius 1 is 1.00 bits per heavy atom. The molecule has 21 heavy (non-hydrogen) atoms. The summed E-state index contributed by atoms with van der Waals surface area (Å²) in [5, 5.41) is 22.2. The molecule has 3 unspecified atom stereocenters. The lowest BCUT2D eigenvalue weighted by Gasteiger charge is -2.58. The van der Waals surface area contributed by atoms with Gasteiger partial charge in [-0.15, -0.1) is 0 Å². The average molecular weight is 291 g/mol. The Morgan fingerprint density at radius 3 is 2.57 bits per heavy atom. The third kappa shape index (κ3) is 1.79. The fraction of sp³-hybridized carbons (Fsp3) is 0.944. The van der Waals surface area contributed by atoms with E-state index in [2.05, 4.69) is 13.8 Å². The fourth-order valence-corrected chi connectivity index (χ4v) is 6.70. The van der Waals surface area contributed by atoms with Crippen molar-refractivity contribution < 1.29 is 9.85 Å². The molecular weight excluding hydrogens is 262 g/mol. The third-order valence-corrected chi connectivity index (χ3v) is 8.11.